The van der Waals surface area contributed by atoms with Crippen LogP contribution in [0.15, 0.2) is 36.4 Å². The molecule has 0 heterocycles. The van der Waals surface area contributed by atoms with Crippen molar-refractivity contribution in [2.75, 3.05) is 18.5 Å². The van der Waals surface area contributed by atoms with Gasteiger partial charge < -0.3 is 14.8 Å². The number of rotatable bonds is 6. The minimum Gasteiger partial charge on any atom is -0.494 e. The number of ether oxygens (including phenoxy) is 2. The van der Waals surface area contributed by atoms with Gasteiger partial charge in [0.2, 0.25) is 0 Å². The number of nitrogens with one attached hydrogen (secondary N) is 1. The van der Waals surface area contributed by atoms with Crippen LogP contribution in [0.25, 0.3) is 0 Å². The Hall–Kier alpha value is -1.91. The van der Waals surface area contributed by atoms with Crippen molar-refractivity contribution >= 4 is 34.8 Å². The van der Waals surface area contributed by atoms with Crippen LogP contribution in [-0.4, -0.2) is 19.1 Å². The molecule has 1 amide bonds. The highest BCUT2D eigenvalue weighted by molar-refractivity contribution is 6.44. The van der Waals surface area contributed by atoms with E-state index < -0.39 is 0 Å². The van der Waals surface area contributed by atoms with Crippen molar-refractivity contribution in [3.63, 3.8) is 0 Å². The molecule has 0 aliphatic carbocycles. The molecule has 0 aliphatic rings. The molecule has 0 unspecified atom stereocenters. The Bertz CT molecular complexity index is 704. The smallest absolute Gasteiger partial charge is 0.257 e. The van der Waals surface area contributed by atoms with E-state index in [2.05, 4.69) is 5.32 Å². The second-order valence-electron chi connectivity index (χ2n) is 4.58. The van der Waals surface area contributed by atoms with Crippen LogP contribution in [0.5, 0.6) is 11.5 Å². The van der Waals surface area contributed by atoms with Crippen LogP contribution in [0, 0.1) is 0 Å². The summed E-state index contributed by atoms with van der Waals surface area (Å²) < 4.78 is 11.0. The Kier molecular flexibility index (Phi) is 6.13. The second kappa shape index (κ2) is 8.09. The van der Waals surface area contributed by atoms with Gasteiger partial charge >= 0.3 is 0 Å². The third-order valence-corrected chi connectivity index (χ3v) is 3.83. The fraction of sp³-hybridized carbons (Fsp3) is 0.235. The fourth-order valence-corrected chi connectivity index (χ4v) is 2.40. The van der Waals surface area contributed by atoms with Crippen LogP contribution in [0.1, 0.15) is 24.2 Å². The predicted octanol–water partition coefficient (Wildman–Crippen LogP) is 5.04. The number of hydrogen-bond acceptors (Lipinski definition) is 3. The molecular weight excluding hydrogens is 337 g/mol. The molecule has 2 aromatic rings. The van der Waals surface area contributed by atoms with Gasteiger partial charge in [-0.05, 0) is 38.1 Å². The van der Waals surface area contributed by atoms with E-state index in [1.165, 1.54) is 0 Å². The highest BCUT2D eigenvalue weighted by Gasteiger charge is 2.15. The summed E-state index contributed by atoms with van der Waals surface area (Å²) in [5.41, 5.74) is 0.808. The molecule has 23 heavy (non-hydrogen) atoms. The molecule has 0 bridgehead atoms. The first-order chi connectivity index (χ1) is 11.1. The van der Waals surface area contributed by atoms with Gasteiger partial charge in [0.05, 0.1) is 34.5 Å². The molecule has 0 saturated heterocycles. The van der Waals surface area contributed by atoms with Gasteiger partial charge in [-0.3, -0.25) is 4.79 Å². The maximum Gasteiger partial charge on any atom is 0.257 e. The Morgan fingerprint density at radius 3 is 2.52 bits per heavy atom. The summed E-state index contributed by atoms with van der Waals surface area (Å²) in [7, 11) is 0. The number of halogens is 2. The van der Waals surface area contributed by atoms with Gasteiger partial charge in [-0.15, -0.1) is 0 Å². The number of benzene rings is 2. The monoisotopic (exact) mass is 353 g/mol. The summed E-state index contributed by atoms with van der Waals surface area (Å²) in [5, 5.41) is 3.33. The number of hydrogen-bond donors (Lipinski definition) is 1. The quantitative estimate of drug-likeness (QED) is 0.790. The molecule has 0 aliphatic heterocycles. The molecule has 2 aromatic carbocycles. The summed E-state index contributed by atoms with van der Waals surface area (Å²) >= 11 is 12.0. The minimum atomic E-state index is -0.368. The zero-order valence-electron chi connectivity index (χ0n) is 12.9. The van der Waals surface area contributed by atoms with E-state index in [1.54, 1.807) is 36.4 Å². The minimum absolute atomic E-state index is 0.214. The first-order valence-corrected chi connectivity index (χ1v) is 7.97. The molecule has 0 fully saturated rings. The summed E-state index contributed by atoms with van der Waals surface area (Å²) in [4.78, 5) is 12.5. The average Bonchev–Trinajstić information content (AvgIpc) is 2.53. The van der Waals surface area contributed by atoms with Crippen molar-refractivity contribution in [1.82, 2.24) is 0 Å². The number of carbonyl (C=O) groups is 1. The van der Waals surface area contributed by atoms with Crippen molar-refractivity contribution < 1.29 is 14.3 Å². The van der Waals surface area contributed by atoms with Crippen molar-refractivity contribution in [2.24, 2.45) is 0 Å². The van der Waals surface area contributed by atoms with Crippen molar-refractivity contribution in [3.05, 3.63) is 52.0 Å². The van der Waals surface area contributed by atoms with Gasteiger partial charge in [0, 0.05) is 6.07 Å². The van der Waals surface area contributed by atoms with Crippen molar-refractivity contribution in [1.29, 1.82) is 0 Å². The number of carbonyl (C=O) groups excluding carboxylic acids is 1. The molecule has 0 saturated carbocycles. The lowest BCUT2D eigenvalue weighted by molar-refractivity contribution is 0.102. The maximum atomic E-state index is 12.5. The van der Waals surface area contributed by atoms with Crippen LogP contribution in [0.4, 0.5) is 5.69 Å². The molecule has 1 N–H and O–H groups in total. The molecule has 0 atom stereocenters. The van der Waals surface area contributed by atoms with Crippen LogP contribution < -0.4 is 14.8 Å². The molecule has 0 spiro atoms. The average molecular weight is 354 g/mol. The van der Waals surface area contributed by atoms with Crippen LogP contribution >= 0.6 is 23.2 Å². The number of anilines is 1. The summed E-state index contributed by atoms with van der Waals surface area (Å²) in [6, 6.07) is 10.2. The van der Waals surface area contributed by atoms with Crippen LogP contribution in [0.3, 0.4) is 0 Å². The van der Waals surface area contributed by atoms with Gasteiger partial charge in [0.25, 0.3) is 5.91 Å². The Morgan fingerprint density at radius 1 is 1.09 bits per heavy atom. The van der Waals surface area contributed by atoms with E-state index in [9.17, 15) is 4.79 Å². The molecule has 4 nitrogen and oxygen atoms in total. The Morgan fingerprint density at radius 2 is 1.83 bits per heavy atom. The lowest BCUT2D eigenvalue weighted by Crippen LogP contribution is -2.14. The van der Waals surface area contributed by atoms with Gasteiger partial charge in [0.1, 0.15) is 11.5 Å². The molecule has 0 aromatic heterocycles. The van der Waals surface area contributed by atoms with Gasteiger partial charge in [-0.25, -0.2) is 0 Å². The highest BCUT2D eigenvalue weighted by atomic mass is 35.5. The Balaban J connectivity index is 2.31. The van der Waals surface area contributed by atoms with Gasteiger partial charge in [0.15, 0.2) is 0 Å². The summed E-state index contributed by atoms with van der Waals surface area (Å²) in [6.07, 6.45) is 0. The van der Waals surface area contributed by atoms with E-state index in [1.807, 2.05) is 13.8 Å². The normalized spacial score (nSPS) is 10.3. The van der Waals surface area contributed by atoms with Gasteiger partial charge in [-0.1, -0.05) is 29.3 Å². The zero-order chi connectivity index (χ0) is 16.8. The van der Waals surface area contributed by atoms with E-state index in [4.69, 9.17) is 32.7 Å². The van der Waals surface area contributed by atoms with E-state index in [0.29, 0.717) is 41.0 Å². The summed E-state index contributed by atoms with van der Waals surface area (Å²) in [6.45, 7) is 4.77. The zero-order valence-corrected chi connectivity index (χ0v) is 14.4. The standard InChI is InChI=1S/C17H17Cl2NO3/c1-3-22-11-8-9-15(23-4-2)14(10-11)20-17(21)12-6-5-7-13(18)16(12)19/h5-10H,3-4H2,1-2H3,(H,20,21). The van der Waals surface area contributed by atoms with Crippen LogP contribution in [-0.2, 0) is 0 Å². The third-order valence-electron chi connectivity index (χ3n) is 3.01. The first kappa shape index (κ1) is 17.4. The predicted molar refractivity (Wildman–Crippen MR) is 93.2 cm³/mol. The lowest BCUT2D eigenvalue weighted by atomic mass is 10.2. The van der Waals surface area contributed by atoms with E-state index in [-0.39, 0.29) is 10.9 Å². The second-order valence-corrected chi connectivity index (χ2v) is 5.36. The number of amides is 1. The molecule has 2 rings (SSSR count). The first-order valence-electron chi connectivity index (χ1n) is 7.21. The topological polar surface area (TPSA) is 47.6 Å². The molecule has 122 valence electrons. The van der Waals surface area contributed by atoms with E-state index in [0.717, 1.165) is 0 Å². The molecular formula is C17H17Cl2NO3. The Labute approximate surface area is 145 Å². The SMILES string of the molecule is CCOc1ccc(OCC)c(NC(=O)c2cccc(Cl)c2Cl)c1. The lowest BCUT2D eigenvalue weighted by Gasteiger charge is -2.14. The van der Waals surface area contributed by atoms with Crippen molar-refractivity contribution in [3.8, 4) is 11.5 Å². The molecule has 0 radical (unpaired) electrons. The maximum absolute atomic E-state index is 12.5. The van der Waals surface area contributed by atoms with Crippen molar-refractivity contribution in [2.45, 2.75) is 13.8 Å². The summed E-state index contributed by atoms with van der Waals surface area (Å²) in [5.74, 6) is 0.831. The van der Waals surface area contributed by atoms with E-state index >= 15 is 0 Å². The van der Waals surface area contributed by atoms with Gasteiger partial charge in [-0.2, -0.15) is 0 Å². The van der Waals surface area contributed by atoms with Crippen LogP contribution in [0.2, 0.25) is 10.0 Å². The molecule has 6 heteroatoms. The fourth-order valence-electron chi connectivity index (χ4n) is 2.01. The largest absolute Gasteiger partial charge is 0.494 e. The third kappa shape index (κ3) is 4.30. The highest BCUT2D eigenvalue weighted by Crippen LogP contribution is 2.31.